The van der Waals surface area contributed by atoms with Crippen LogP contribution < -0.4 is 0 Å². The zero-order valence-electron chi connectivity index (χ0n) is 16.9. The second-order valence-corrected chi connectivity index (χ2v) is 8.58. The molecule has 9 heteroatoms. The normalized spacial score (nSPS) is 21.5. The lowest BCUT2D eigenvalue weighted by Gasteiger charge is -2.37. The number of benzene rings is 1. The van der Waals surface area contributed by atoms with Gasteiger partial charge in [-0.3, -0.25) is 19.2 Å². The minimum absolute atomic E-state index is 0. The highest BCUT2D eigenvalue weighted by Crippen LogP contribution is 2.39. The van der Waals surface area contributed by atoms with E-state index in [1.165, 1.54) is 10.7 Å². The van der Waals surface area contributed by atoms with Gasteiger partial charge >= 0.3 is 5.97 Å². The van der Waals surface area contributed by atoms with E-state index in [2.05, 4.69) is 5.10 Å². The molecular weight excluding hydrogens is 441 g/mol. The van der Waals surface area contributed by atoms with Crippen molar-refractivity contribution < 1.29 is 19.1 Å². The highest BCUT2D eigenvalue weighted by atomic mass is 35.5. The van der Waals surface area contributed by atoms with E-state index in [0.717, 1.165) is 30.4 Å². The number of ketones is 1. The molecular formula is C22H25ClFN3O3S. The number of aromatic nitrogens is 2. The van der Waals surface area contributed by atoms with Crippen molar-refractivity contribution in [3.05, 3.63) is 59.2 Å². The monoisotopic (exact) mass is 465 g/mol. The summed E-state index contributed by atoms with van der Waals surface area (Å²) in [5.74, 6) is -1.21. The minimum atomic E-state index is -0.959. The third-order valence-corrected chi connectivity index (χ3v) is 6.21. The van der Waals surface area contributed by atoms with Gasteiger partial charge in [-0.1, -0.05) is 24.3 Å². The van der Waals surface area contributed by atoms with Crippen molar-refractivity contribution in [3.8, 4) is 0 Å². The number of piperidine rings is 1. The van der Waals surface area contributed by atoms with E-state index in [9.17, 15) is 14.0 Å². The van der Waals surface area contributed by atoms with Crippen molar-refractivity contribution in [2.45, 2.75) is 37.1 Å². The fourth-order valence-corrected chi connectivity index (χ4v) is 4.24. The summed E-state index contributed by atoms with van der Waals surface area (Å²) in [6.07, 6.45) is 7.70. The summed E-state index contributed by atoms with van der Waals surface area (Å²) in [4.78, 5) is 26.0. The zero-order valence-corrected chi connectivity index (χ0v) is 18.6. The predicted molar refractivity (Wildman–Crippen MR) is 121 cm³/mol. The molecule has 0 radical (unpaired) electrons. The maximum atomic E-state index is 14.6. The maximum Gasteiger partial charge on any atom is 0.325 e. The molecule has 31 heavy (non-hydrogen) atoms. The lowest BCUT2D eigenvalue weighted by Crippen LogP contribution is -2.42. The molecule has 1 aromatic carbocycles. The Bertz CT molecular complexity index is 992. The molecule has 1 N–H and O–H groups in total. The summed E-state index contributed by atoms with van der Waals surface area (Å²) >= 11 is 4.70. The topological polar surface area (TPSA) is 75.4 Å². The number of Topliss-reactive ketones (excluding diaryl/α,β-unsaturated/α-hetero) is 1. The van der Waals surface area contributed by atoms with Gasteiger partial charge in [-0.15, -0.1) is 12.4 Å². The molecule has 1 aromatic heterocycles. The first-order valence-electron chi connectivity index (χ1n) is 10.1. The fourth-order valence-electron chi connectivity index (χ4n) is 3.97. The van der Waals surface area contributed by atoms with Crippen LogP contribution in [-0.4, -0.2) is 49.9 Å². The summed E-state index contributed by atoms with van der Waals surface area (Å²) in [6, 6.07) is 5.91. The van der Waals surface area contributed by atoms with Crippen LogP contribution >= 0.6 is 25.0 Å². The zero-order chi connectivity index (χ0) is 21.3. The Hall–Kier alpha value is -2.16. The molecule has 166 valence electrons. The number of carbonyl (C=O) groups is 2. The van der Waals surface area contributed by atoms with Crippen molar-refractivity contribution >= 4 is 42.9 Å². The SMILES string of the molecule is Cl.O=C(O)Cn1cc(/C=C2/CN(C(C(=O)C3CC3)c3ccccc3F)CCC2S)cn1. The van der Waals surface area contributed by atoms with Gasteiger partial charge in [0.25, 0.3) is 0 Å². The van der Waals surface area contributed by atoms with Crippen molar-refractivity contribution in [1.82, 2.24) is 14.7 Å². The van der Waals surface area contributed by atoms with Gasteiger partial charge in [0.15, 0.2) is 5.78 Å². The van der Waals surface area contributed by atoms with Gasteiger partial charge in [-0.25, -0.2) is 4.39 Å². The number of likely N-dealkylation sites (tertiary alicyclic amines) is 1. The number of thiol groups is 1. The predicted octanol–water partition coefficient (Wildman–Crippen LogP) is 3.64. The van der Waals surface area contributed by atoms with Crippen LogP contribution in [0.15, 0.2) is 42.2 Å². The van der Waals surface area contributed by atoms with Gasteiger partial charge < -0.3 is 5.11 Å². The van der Waals surface area contributed by atoms with Crippen molar-refractivity contribution in [1.29, 1.82) is 0 Å². The van der Waals surface area contributed by atoms with Crippen LogP contribution in [0, 0.1) is 11.7 Å². The average molecular weight is 466 g/mol. The summed E-state index contributed by atoms with van der Waals surface area (Å²) in [6.45, 7) is 0.946. The third kappa shape index (κ3) is 5.56. The average Bonchev–Trinajstić information content (AvgIpc) is 3.47. The minimum Gasteiger partial charge on any atom is -0.480 e. The molecule has 1 saturated carbocycles. The summed E-state index contributed by atoms with van der Waals surface area (Å²) in [5, 5.41) is 13.0. The molecule has 2 unspecified atom stereocenters. The van der Waals surface area contributed by atoms with Crippen LogP contribution in [0.3, 0.4) is 0 Å². The quantitative estimate of drug-likeness (QED) is 0.611. The Balaban J connectivity index is 0.00000272. The highest BCUT2D eigenvalue weighted by molar-refractivity contribution is 7.81. The van der Waals surface area contributed by atoms with Crippen molar-refractivity contribution in [2.75, 3.05) is 13.1 Å². The smallest absolute Gasteiger partial charge is 0.325 e. The standard InChI is InChI=1S/C22H24FN3O3S.ClH/c23-18-4-2-1-3-17(18)21(22(29)15-5-6-15)25-8-7-19(30)16(12-25)9-14-10-24-26(11-14)13-20(27)28;/h1-4,9-11,15,19,21,30H,5-8,12-13H2,(H,27,28);1H/b16-9-;. The Morgan fingerprint density at radius 1 is 1.29 bits per heavy atom. The lowest BCUT2D eigenvalue weighted by atomic mass is 9.93. The molecule has 2 aromatic rings. The van der Waals surface area contributed by atoms with Gasteiger partial charge in [-0.2, -0.15) is 17.7 Å². The van der Waals surface area contributed by atoms with Gasteiger partial charge in [0.1, 0.15) is 12.4 Å². The molecule has 2 atom stereocenters. The van der Waals surface area contributed by atoms with Crippen LogP contribution in [0.1, 0.15) is 36.4 Å². The Kier molecular flexibility index (Phi) is 7.56. The van der Waals surface area contributed by atoms with E-state index < -0.39 is 12.0 Å². The number of rotatable bonds is 7. The first-order chi connectivity index (χ1) is 14.4. The Morgan fingerprint density at radius 3 is 2.71 bits per heavy atom. The van der Waals surface area contributed by atoms with Gasteiger partial charge in [-0.05, 0) is 30.9 Å². The van der Waals surface area contributed by atoms with E-state index in [1.54, 1.807) is 30.6 Å². The van der Waals surface area contributed by atoms with E-state index in [4.69, 9.17) is 17.7 Å². The molecule has 1 saturated heterocycles. The van der Waals surface area contributed by atoms with Gasteiger partial charge in [0, 0.05) is 41.6 Å². The summed E-state index contributed by atoms with van der Waals surface area (Å²) < 4.78 is 16.0. The number of halogens is 2. The third-order valence-electron chi connectivity index (χ3n) is 5.62. The molecule has 1 aliphatic heterocycles. The van der Waals surface area contributed by atoms with Crippen LogP contribution in [0.5, 0.6) is 0 Å². The summed E-state index contributed by atoms with van der Waals surface area (Å²) in [5.41, 5.74) is 2.22. The molecule has 0 bridgehead atoms. The van der Waals surface area contributed by atoms with Crippen LogP contribution in [-0.2, 0) is 16.1 Å². The molecule has 4 rings (SSSR count). The molecule has 0 spiro atoms. The van der Waals surface area contributed by atoms with E-state index in [-0.39, 0.29) is 41.7 Å². The summed E-state index contributed by atoms with van der Waals surface area (Å²) in [7, 11) is 0. The fraction of sp³-hybridized carbons (Fsp3) is 0.409. The number of nitrogens with zero attached hydrogens (tertiary/aromatic N) is 3. The number of carboxylic acid groups (broad SMARTS) is 1. The maximum absolute atomic E-state index is 14.6. The Labute approximate surface area is 191 Å². The number of hydrogen-bond acceptors (Lipinski definition) is 5. The molecule has 2 fully saturated rings. The van der Waals surface area contributed by atoms with E-state index in [1.807, 2.05) is 11.0 Å². The molecule has 2 aliphatic rings. The first kappa shape index (κ1) is 23.5. The van der Waals surface area contributed by atoms with Gasteiger partial charge in [0.2, 0.25) is 0 Å². The van der Waals surface area contributed by atoms with Crippen LogP contribution in [0.2, 0.25) is 0 Å². The number of aliphatic carboxylic acids is 1. The van der Waals surface area contributed by atoms with Gasteiger partial charge in [0.05, 0.1) is 12.2 Å². The second kappa shape index (κ2) is 9.97. The number of hydrogen-bond donors (Lipinski definition) is 2. The first-order valence-corrected chi connectivity index (χ1v) is 10.6. The molecule has 6 nitrogen and oxygen atoms in total. The van der Waals surface area contributed by atoms with E-state index >= 15 is 0 Å². The molecule has 0 amide bonds. The largest absolute Gasteiger partial charge is 0.480 e. The van der Waals surface area contributed by atoms with E-state index in [0.29, 0.717) is 18.7 Å². The van der Waals surface area contributed by atoms with Crippen molar-refractivity contribution in [3.63, 3.8) is 0 Å². The number of carbonyl (C=O) groups excluding carboxylic acids is 1. The molecule has 2 heterocycles. The van der Waals surface area contributed by atoms with Crippen molar-refractivity contribution in [2.24, 2.45) is 5.92 Å². The molecule has 1 aliphatic carbocycles. The number of carboxylic acids is 1. The second-order valence-electron chi connectivity index (χ2n) is 7.96. The van der Waals surface area contributed by atoms with Crippen LogP contribution in [0.4, 0.5) is 4.39 Å². The lowest BCUT2D eigenvalue weighted by molar-refractivity contribution is -0.137. The van der Waals surface area contributed by atoms with Crippen LogP contribution in [0.25, 0.3) is 6.08 Å². The highest BCUT2D eigenvalue weighted by Gasteiger charge is 2.40. The Morgan fingerprint density at radius 2 is 2.03 bits per heavy atom.